The van der Waals surface area contributed by atoms with Crippen LogP contribution in [0.25, 0.3) is 11.0 Å². The third-order valence-corrected chi connectivity index (χ3v) is 3.32. The van der Waals surface area contributed by atoms with E-state index >= 15 is 0 Å². The summed E-state index contributed by atoms with van der Waals surface area (Å²) < 4.78 is 10.7. The molecule has 0 bridgehead atoms. The Bertz CT molecular complexity index is 724. The average Bonchev–Trinajstić information content (AvgIpc) is 2.78. The summed E-state index contributed by atoms with van der Waals surface area (Å²) in [6, 6.07) is 5.81. The fourth-order valence-corrected chi connectivity index (χ4v) is 2.25. The van der Waals surface area contributed by atoms with E-state index in [4.69, 9.17) is 9.15 Å². The number of hydrogen-bond acceptors (Lipinski definition) is 4. The number of ether oxygens (including phenoxy) is 1. The first-order chi connectivity index (χ1) is 10.7. The van der Waals surface area contributed by atoms with E-state index in [0.717, 1.165) is 22.1 Å². The van der Waals surface area contributed by atoms with E-state index < -0.39 is 12.1 Å². The van der Waals surface area contributed by atoms with Crippen LogP contribution in [-0.2, 0) is 20.7 Å². The second kappa shape index (κ2) is 6.44. The van der Waals surface area contributed by atoms with Crippen LogP contribution in [0.4, 0.5) is 0 Å². The molecule has 5 nitrogen and oxygen atoms in total. The molecule has 0 aliphatic heterocycles. The van der Waals surface area contributed by atoms with E-state index in [1.54, 1.807) is 13.2 Å². The van der Waals surface area contributed by atoms with Crippen LogP contribution in [0.3, 0.4) is 0 Å². The zero-order valence-corrected chi connectivity index (χ0v) is 14.2. The van der Waals surface area contributed by atoms with Gasteiger partial charge in [-0.25, -0.2) is 0 Å². The van der Waals surface area contributed by atoms with E-state index in [1.165, 1.54) is 0 Å². The summed E-state index contributed by atoms with van der Waals surface area (Å²) in [6.45, 7) is 9.17. The van der Waals surface area contributed by atoms with Gasteiger partial charge in [-0.15, -0.1) is 0 Å². The van der Waals surface area contributed by atoms with Crippen molar-refractivity contribution in [1.82, 2.24) is 5.32 Å². The van der Waals surface area contributed by atoms with Gasteiger partial charge in [-0.3, -0.25) is 9.59 Å². The lowest BCUT2D eigenvalue weighted by Crippen LogP contribution is -2.46. The van der Waals surface area contributed by atoms with Crippen LogP contribution in [0.15, 0.2) is 28.9 Å². The summed E-state index contributed by atoms with van der Waals surface area (Å²) >= 11 is 0. The monoisotopic (exact) mass is 317 g/mol. The van der Waals surface area contributed by atoms with Gasteiger partial charge in [0.2, 0.25) is 0 Å². The molecule has 0 spiro atoms. The SMILES string of the molecule is Cc1ccc2c(CC(=O)O[C@@H](C)C(=O)NC(C)(C)C)coc2c1. The molecule has 2 aromatic rings. The lowest BCUT2D eigenvalue weighted by Gasteiger charge is -2.23. The van der Waals surface area contributed by atoms with Crippen LogP contribution in [0.1, 0.15) is 38.8 Å². The van der Waals surface area contributed by atoms with Crippen molar-refractivity contribution in [2.45, 2.75) is 52.7 Å². The Labute approximate surface area is 136 Å². The average molecular weight is 317 g/mol. The Hall–Kier alpha value is -2.30. The van der Waals surface area contributed by atoms with Gasteiger partial charge >= 0.3 is 5.97 Å². The first-order valence-corrected chi connectivity index (χ1v) is 7.64. The van der Waals surface area contributed by atoms with E-state index in [0.29, 0.717) is 0 Å². The number of fused-ring (bicyclic) bond motifs is 1. The minimum absolute atomic E-state index is 0.0726. The van der Waals surface area contributed by atoms with Crippen LogP contribution in [-0.4, -0.2) is 23.5 Å². The molecular weight excluding hydrogens is 294 g/mol. The molecule has 1 N–H and O–H groups in total. The normalized spacial score (nSPS) is 12.9. The molecule has 0 fully saturated rings. The molecule has 124 valence electrons. The Balaban J connectivity index is 2.00. The van der Waals surface area contributed by atoms with Crippen LogP contribution in [0.5, 0.6) is 0 Å². The van der Waals surface area contributed by atoms with Gasteiger partial charge in [0.25, 0.3) is 5.91 Å². The third kappa shape index (κ3) is 4.58. The summed E-state index contributed by atoms with van der Waals surface area (Å²) in [4.78, 5) is 24.0. The van der Waals surface area contributed by atoms with E-state index in [-0.39, 0.29) is 17.9 Å². The first kappa shape index (κ1) is 17.1. The highest BCUT2D eigenvalue weighted by Gasteiger charge is 2.23. The van der Waals surface area contributed by atoms with Gasteiger partial charge < -0.3 is 14.5 Å². The van der Waals surface area contributed by atoms with E-state index in [9.17, 15) is 9.59 Å². The molecule has 1 heterocycles. The van der Waals surface area contributed by atoms with Crippen molar-refractivity contribution in [2.24, 2.45) is 0 Å². The Morgan fingerprint density at radius 3 is 2.65 bits per heavy atom. The lowest BCUT2D eigenvalue weighted by atomic mass is 10.1. The lowest BCUT2D eigenvalue weighted by molar-refractivity contribution is -0.154. The number of carbonyl (C=O) groups is 2. The summed E-state index contributed by atoms with van der Waals surface area (Å²) in [5.41, 5.74) is 2.23. The minimum Gasteiger partial charge on any atom is -0.464 e. The number of benzene rings is 1. The molecule has 2 rings (SSSR count). The van der Waals surface area contributed by atoms with Gasteiger partial charge in [0.15, 0.2) is 6.10 Å². The number of aryl methyl sites for hydroxylation is 1. The number of esters is 1. The van der Waals surface area contributed by atoms with Crippen molar-refractivity contribution < 1.29 is 18.7 Å². The minimum atomic E-state index is -0.831. The van der Waals surface area contributed by atoms with Gasteiger partial charge in [-0.05, 0) is 46.2 Å². The molecule has 0 aliphatic carbocycles. The summed E-state index contributed by atoms with van der Waals surface area (Å²) in [5.74, 6) is -0.761. The van der Waals surface area contributed by atoms with Crippen molar-refractivity contribution in [1.29, 1.82) is 0 Å². The Morgan fingerprint density at radius 1 is 1.30 bits per heavy atom. The molecule has 23 heavy (non-hydrogen) atoms. The van der Waals surface area contributed by atoms with Crippen molar-refractivity contribution in [2.75, 3.05) is 0 Å². The molecule has 0 radical (unpaired) electrons. The van der Waals surface area contributed by atoms with Crippen LogP contribution >= 0.6 is 0 Å². The molecule has 5 heteroatoms. The highest BCUT2D eigenvalue weighted by molar-refractivity contribution is 5.88. The maximum absolute atomic E-state index is 12.1. The van der Waals surface area contributed by atoms with Gasteiger partial charge in [-0.2, -0.15) is 0 Å². The van der Waals surface area contributed by atoms with Gasteiger partial charge in [0.05, 0.1) is 12.7 Å². The molecule has 1 atom stereocenters. The number of carbonyl (C=O) groups excluding carboxylic acids is 2. The predicted molar refractivity (Wildman–Crippen MR) is 88.1 cm³/mol. The summed E-state index contributed by atoms with van der Waals surface area (Å²) in [6.07, 6.45) is 0.802. The van der Waals surface area contributed by atoms with Crippen LogP contribution < -0.4 is 5.32 Å². The topological polar surface area (TPSA) is 68.5 Å². The highest BCUT2D eigenvalue weighted by Crippen LogP contribution is 2.23. The molecule has 0 saturated carbocycles. The van der Waals surface area contributed by atoms with Gasteiger partial charge in [0, 0.05) is 16.5 Å². The summed E-state index contributed by atoms with van der Waals surface area (Å²) in [7, 11) is 0. The van der Waals surface area contributed by atoms with Gasteiger partial charge in [0.1, 0.15) is 5.58 Å². The molecule has 1 aromatic carbocycles. The quantitative estimate of drug-likeness (QED) is 0.880. The maximum Gasteiger partial charge on any atom is 0.311 e. The molecule has 1 amide bonds. The Morgan fingerprint density at radius 2 is 2.00 bits per heavy atom. The number of rotatable bonds is 4. The zero-order valence-electron chi connectivity index (χ0n) is 14.2. The standard InChI is InChI=1S/C18H23NO4/c1-11-6-7-14-13(10-22-15(14)8-11)9-16(20)23-12(2)17(21)19-18(3,4)5/h6-8,10,12H,9H2,1-5H3,(H,19,21)/t12-/m0/s1. The zero-order chi connectivity index (χ0) is 17.2. The van der Waals surface area contributed by atoms with E-state index in [1.807, 2.05) is 45.9 Å². The largest absolute Gasteiger partial charge is 0.464 e. The van der Waals surface area contributed by atoms with Gasteiger partial charge in [-0.1, -0.05) is 12.1 Å². The molecule has 1 aromatic heterocycles. The maximum atomic E-state index is 12.1. The molecule has 0 aliphatic rings. The molecule has 0 unspecified atom stereocenters. The second-order valence-electron chi connectivity index (χ2n) is 6.81. The first-order valence-electron chi connectivity index (χ1n) is 7.64. The van der Waals surface area contributed by atoms with Crippen molar-refractivity contribution in [3.05, 3.63) is 35.6 Å². The Kier molecular flexibility index (Phi) is 4.78. The second-order valence-corrected chi connectivity index (χ2v) is 6.81. The van der Waals surface area contributed by atoms with E-state index in [2.05, 4.69) is 5.32 Å². The summed E-state index contributed by atoms with van der Waals surface area (Å²) in [5, 5.41) is 3.67. The predicted octanol–water partition coefficient (Wildman–Crippen LogP) is 3.13. The van der Waals surface area contributed by atoms with Crippen molar-refractivity contribution >= 4 is 22.8 Å². The van der Waals surface area contributed by atoms with Crippen LogP contribution in [0, 0.1) is 6.92 Å². The molecular formula is C18H23NO4. The fraction of sp³-hybridized carbons (Fsp3) is 0.444. The molecule has 0 saturated heterocycles. The number of furan rings is 1. The van der Waals surface area contributed by atoms with Crippen LogP contribution in [0.2, 0.25) is 0 Å². The number of hydrogen-bond donors (Lipinski definition) is 1. The fourth-order valence-electron chi connectivity index (χ4n) is 2.25. The number of nitrogens with one attached hydrogen (secondary N) is 1. The van der Waals surface area contributed by atoms with Crippen molar-refractivity contribution in [3.63, 3.8) is 0 Å². The third-order valence-electron chi connectivity index (χ3n) is 3.32. The highest BCUT2D eigenvalue weighted by atomic mass is 16.5. The van der Waals surface area contributed by atoms with Crippen molar-refractivity contribution in [3.8, 4) is 0 Å². The smallest absolute Gasteiger partial charge is 0.311 e. The number of amides is 1.